The third-order valence-corrected chi connectivity index (χ3v) is 4.00. The van der Waals surface area contributed by atoms with E-state index in [2.05, 4.69) is 5.43 Å². The summed E-state index contributed by atoms with van der Waals surface area (Å²) >= 11 is 0. The first kappa shape index (κ1) is 17.0. The van der Waals surface area contributed by atoms with Gasteiger partial charge in [0.05, 0.1) is 22.3 Å². The number of hydrazine groups is 2. The molecule has 11 nitrogen and oxygen atoms in total. The number of imide groups is 1. The Morgan fingerprint density at radius 1 is 1.04 bits per heavy atom. The highest BCUT2D eigenvalue weighted by atomic mass is 16.4. The van der Waals surface area contributed by atoms with Crippen LogP contribution in [0.2, 0.25) is 0 Å². The number of aromatic carboxylic acids is 1. The first-order valence-corrected chi connectivity index (χ1v) is 7.11. The number of nitrogens with two attached hydrogens (primary N) is 2. The second kappa shape index (κ2) is 5.91. The first-order valence-electron chi connectivity index (χ1n) is 7.11. The van der Waals surface area contributed by atoms with Crippen molar-refractivity contribution in [3.05, 3.63) is 46.0 Å². The number of benzene rings is 2. The summed E-state index contributed by atoms with van der Waals surface area (Å²) in [5, 5.41) is 19.5. The lowest BCUT2D eigenvalue weighted by atomic mass is 9.87. The van der Waals surface area contributed by atoms with Gasteiger partial charge in [0.25, 0.3) is 17.7 Å². The van der Waals surface area contributed by atoms with Crippen molar-refractivity contribution in [3.63, 3.8) is 0 Å². The van der Waals surface area contributed by atoms with Gasteiger partial charge in [-0.05, 0) is 11.5 Å². The van der Waals surface area contributed by atoms with E-state index >= 15 is 0 Å². The molecule has 0 aromatic heterocycles. The molecule has 2 aromatic carbocycles. The number of carboxylic acids is 1. The van der Waals surface area contributed by atoms with Gasteiger partial charge in [-0.15, -0.1) is 0 Å². The van der Waals surface area contributed by atoms with Gasteiger partial charge in [0.1, 0.15) is 5.84 Å². The topological polar surface area (TPSA) is 200 Å². The highest BCUT2D eigenvalue weighted by Crippen LogP contribution is 2.35. The van der Waals surface area contributed by atoms with Crippen LogP contribution in [0.5, 0.6) is 0 Å². The SMILES string of the molecule is N=C(NN)c1c(C(=O)NN)c2c(c3c(C(=O)O)cccc13)C(=O)NC2=O. The monoisotopic (exact) mass is 356 g/mol. The Bertz CT molecular complexity index is 1040. The number of hydrogen-bond acceptors (Lipinski definition) is 7. The minimum Gasteiger partial charge on any atom is -0.478 e. The highest BCUT2D eigenvalue weighted by Gasteiger charge is 2.38. The maximum atomic E-state index is 12.3. The van der Waals surface area contributed by atoms with Crippen LogP contribution in [-0.4, -0.2) is 34.6 Å². The van der Waals surface area contributed by atoms with Crippen molar-refractivity contribution in [2.24, 2.45) is 11.7 Å². The molecule has 1 heterocycles. The second-order valence-corrected chi connectivity index (χ2v) is 5.31. The lowest BCUT2D eigenvalue weighted by Gasteiger charge is -2.17. The molecule has 1 aliphatic heterocycles. The van der Waals surface area contributed by atoms with Crippen LogP contribution in [0.25, 0.3) is 10.8 Å². The van der Waals surface area contributed by atoms with Crippen molar-refractivity contribution in [2.75, 3.05) is 0 Å². The maximum Gasteiger partial charge on any atom is 0.336 e. The normalized spacial score (nSPS) is 12.5. The summed E-state index contributed by atoms with van der Waals surface area (Å²) in [4.78, 5) is 48.5. The molecule has 3 rings (SSSR count). The maximum absolute atomic E-state index is 12.3. The van der Waals surface area contributed by atoms with Crippen molar-refractivity contribution in [1.82, 2.24) is 16.2 Å². The minimum absolute atomic E-state index is 0.0788. The summed E-state index contributed by atoms with van der Waals surface area (Å²) in [7, 11) is 0. The molecular formula is C15H12N6O5. The van der Waals surface area contributed by atoms with Crippen LogP contribution in [-0.2, 0) is 0 Å². The number of carboxylic acid groups (broad SMARTS) is 1. The second-order valence-electron chi connectivity index (χ2n) is 5.31. The Balaban J connectivity index is 2.67. The fraction of sp³-hybridized carbons (Fsp3) is 0. The Labute approximate surface area is 144 Å². The van der Waals surface area contributed by atoms with Gasteiger partial charge in [-0.1, -0.05) is 12.1 Å². The van der Waals surface area contributed by atoms with Crippen LogP contribution >= 0.6 is 0 Å². The van der Waals surface area contributed by atoms with E-state index < -0.39 is 29.5 Å². The molecule has 0 saturated carbocycles. The van der Waals surface area contributed by atoms with Crippen molar-refractivity contribution >= 4 is 40.3 Å². The van der Waals surface area contributed by atoms with E-state index in [9.17, 15) is 24.3 Å². The van der Waals surface area contributed by atoms with Crippen molar-refractivity contribution in [1.29, 1.82) is 5.41 Å². The van der Waals surface area contributed by atoms with E-state index in [1.54, 1.807) is 0 Å². The largest absolute Gasteiger partial charge is 0.478 e. The van der Waals surface area contributed by atoms with Gasteiger partial charge < -0.3 is 10.5 Å². The van der Waals surface area contributed by atoms with Crippen molar-refractivity contribution in [3.8, 4) is 0 Å². The zero-order chi connectivity index (χ0) is 19.2. The smallest absolute Gasteiger partial charge is 0.336 e. The van der Waals surface area contributed by atoms with Gasteiger partial charge in [0.2, 0.25) is 0 Å². The Hall–Kier alpha value is -3.83. The molecule has 132 valence electrons. The number of amidine groups is 1. The lowest BCUT2D eigenvalue weighted by Crippen LogP contribution is -2.37. The van der Waals surface area contributed by atoms with Crippen LogP contribution in [0, 0.1) is 5.41 Å². The number of fused-ring (bicyclic) bond motifs is 3. The Morgan fingerprint density at radius 2 is 1.69 bits per heavy atom. The van der Waals surface area contributed by atoms with E-state index in [1.807, 2.05) is 10.7 Å². The van der Waals surface area contributed by atoms with Crippen LogP contribution in [0.3, 0.4) is 0 Å². The van der Waals surface area contributed by atoms with Gasteiger partial charge >= 0.3 is 5.97 Å². The average molecular weight is 356 g/mol. The minimum atomic E-state index is -1.35. The number of hydrogen-bond donors (Lipinski definition) is 7. The van der Waals surface area contributed by atoms with Gasteiger partial charge in [-0.25, -0.2) is 16.5 Å². The number of nitrogen functional groups attached to an aromatic ring is 1. The summed E-state index contributed by atoms with van der Waals surface area (Å²) in [6, 6.07) is 4.03. The summed E-state index contributed by atoms with van der Waals surface area (Å²) in [6.45, 7) is 0. The zero-order valence-corrected chi connectivity index (χ0v) is 13.0. The highest BCUT2D eigenvalue weighted by molar-refractivity contribution is 6.34. The number of carbonyl (C=O) groups is 4. The summed E-state index contributed by atoms with van der Waals surface area (Å²) in [5.41, 5.74) is 2.50. The number of amides is 3. The molecule has 0 aliphatic carbocycles. The molecule has 0 saturated heterocycles. The predicted octanol–water partition coefficient (Wildman–Crippen LogP) is -1.19. The third kappa shape index (κ3) is 2.19. The van der Waals surface area contributed by atoms with Crippen LogP contribution in [0.4, 0.5) is 0 Å². The molecule has 9 N–H and O–H groups in total. The van der Waals surface area contributed by atoms with Crippen LogP contribution in [0.15, 0.2) is 18.2 Å². The Kier molecular flexibility index (Phi) is 3.87. The predicted molar refractivity (Wildman–Crippen MR) is 88.5 cm³/mol. The molecule has 0 radical (unpaired) electrons. The third-order valence-electron chi connectivity index (χ3n) is 4.00. The fourth-order valence-electron chi connectivity index (χ4n) is 3.03. The lowest BCUT2D eigenvalue weighted by molar-refractivity contribution is 0.0698. The number of nitrogens with one attached hydrogen (secondary N) is 4. The molecule has 26 heavy (non-hydrogen) atoms. The standard InChI is InChI=1S/C15H12N6O5/c16-11(20-17)7-4-2-1-3-5(15(25)26)6(4)8-10(9(7)14(24)21-18)13(23)19-12(8)22/h1-3H,17-18H2,(H2,16,20)(H,21,24)(H,25,26)(H,19,22,23). The van der Waals surface area contributed by atoms with E-state index in [-0.39, 0.29) is 38.6 Å². The fourth-order valence-corrected chi connectivity index (χ4v) is 3.03. The van der Waals surface area contributed by atoms with E-state index in [1.165, 1.54) is 18.2 Å². The van der Waals surface area contributed by atoms with Crippen molar-refractivity contribution in [2.45, 2.75) is 0 Å². The molecule has 0 spiro atoms. The molecule has 3 amide bonds. The summed E-state index contributed by atoms with van der Waals surface area (Å²) in [5.74, 6) is 5.95. The molecule has 2 aromatic rings. The molecule has 0 fully saturated rings. The van der Waals surface area contributed by atoms with Crippen LogP contribution < -0.4 is 27.9 Å². The molecule has 11 heteroatoms. The molecule has 0 unspecified atom stereocenters. The van der Waals surface area contributed by atoms with Gasteiger partial charge in [0, 0.05) is 10.9 Å². The van der Waals surface area contributed by atoms with Crippen molar-refractivity contribution < 1.29 is 24.3 Å². The average Bonchev–Trinajstić information content (AvgIpc) is 2.92. The van der Waals surface area contributed by atoms with E-state index in [4.69, 9.17) is 17.1 Å². The molecule has 1 aliphatic rings. The summed E-state index contributed by atoms with van der Waals surface area (Å²) in [6.07, 6.45) is 0. The zero-order valence-electron chi connectivity index (χ0n) is 13.0. The van der Waals surface area contributed by atoms with E-state index in [0.29, 0.717) is 0 Å². The molecule has 0 bridgehead atoms. The van der Waals surface area contributed by atoms with Gasteiger partial charge in [0.15, 0.2) is 0 Å². The molecule has 0 atom stereocenters. The van der Waals surface area contributed by atoms with E-state index in [0.717, 1.165) is 0 Å². The first-order chi connectivity index (χ1) is 12.3. The van der Waals surface area contributed by atoms with Gasteiger partial charge in [-0.2, -0.15) is 0 Å². The number of rotatable bonds is 3. The number of carbonyl (C=O) groups excluding carboxylic acids is 3. The van der Waals surface area contributed by atoms with Gasteiger partial charge in [-0.3, -0.25) is 30.5 Å². The quantitative estimate of drug-likeness (QED) is 0.0888. The summed E-state index contributed by atoms with van der Waals surface area (Å²) < 4.78 is 0. The Morgan fingerprint density at radius 3 is 2.27 bits per heavy atom. The van der Waals surface area contributed by atoms with Crippen LogP contribution in [0.1, 0.15) is 47.0 Å². The molecular weight excluding hydrogens is 344 g/mol.